The maximum absolute atomic E-state index is 3.78. The van der Waals surface area contributed by atoms with Crippen LogP contribution in [0.3, 0.4) is 0 Å². The molecule has 0 spiro atoms. The fraction of sp³-hybridized carbons (Fsp3) is 0.619. The number of nitrogens with one attached hydrogen (secondary N) is 2. The first-order valence-electron chi connectivity index (χ1n) is 9.38. The van der Waals surface area contributed by atoms with Crippen LogP contribution in [0.5, 0.6) is 0 Å². The molecule has 1 saturated carbocycles. The molecule has 1 aromatic rings. The van der Waals surface area contributed by atoms with Crippen molar-refractivity contribution in [1.82, 2.24) is 10.6 Å². The summed E-state index contributed by atoms with van der Waals surface area (Å²) in [5.74, 6) is 0.851. The van der Waals surface area contributed by atoms with E-state index in [0.717, 1.165) is 12.5 Å². The summed E-state index contributed by atoms with van der Waals surface area (Å²) in [5, 5.41) is 6.20. The van der Waals surface area contributed by atoms with E-state index in [9.17, 15) is 0 Å². The molecule has 1 heterocycles. The van der Waals surface area contributed by atoms with Gasteiger partial charge in [-0.05, 0) is 50.9 Å². The highest BCUT2D eigenvalue weighted by atomic mass is 14.9. The summed E-state index contributed by atoms with van der Waals surface area (Å²) in [6, 6.07) is 10.3. The van der Waals surface area contributed by atoms with E-state index in [0.29, 0.717) is 0 Å². The van der Waals surface area contributed by atoms with Gasteiger partial charge in [-0.15, -0.1) is 6.58 Å². The van der Waals surface area contributed by atoms with Crippen LogP contribution in [0.25, 0.3) is 0 Å². The Kier molecular flexibility index (Phi) is 16.4. The lowest BCUT2D eigenvalue weighted by Gasteiger charge is -2.16. The van der Waals surface area contributed by atoms with E-state index in [-0.39, 0.29) is 0 Å². The molecule has 3 rings (SSSR count). The molecule has 1 saturated heterocycles. The Hall–Kier alpha value is -1.12. The minimum atomic E-state index is 0.851. The zero-order valence-electron chi connectivity index (χ0n) is 15.6. The van der Waals surface area contributed by atoms with Crippen molar-refractivity contribution >= 4 is 0 Å². The third-order valence-corrected chi connectivity index (χ3v) is 3.91. The quantitative estimate of drug-likeness (QED) is 0.752. The molecule has 0 unspecified atom stereocenters. The molecule has 0 aromatic heterocycles. The third-order valence-electron chi connectivity index (χ3n) is 3.91. The summed E-state index contributed by atoms with van der Waals surface area (Å²) >= 11 is 0. The number of rotatable bonds is 3. The second-order valence-corrected chi connectivity index (χ2v) is 5.75. The molecule has 1 aliphatic heterocycles. The van der Waals surface area contributed by atoms with Gasteiger partial charge >= 0.3 is 0 Å². The molecule has 0 amide bonds. The number of benzene rings is 1. The van der Waals surface area contributed by atoms with Crippen LogP contribution < -0.4 is 10.6 Å². The largest absolute Gasteiger partial charge is 0.317 e. The van der Waals surface area contributed by atoms with Gasteiger partial charge in [0.1, 0.15) is 0 Å². The Morgan fingerprint density at radius 2 is 1.57 bits per heavy atom. The predicted octanol–water partition coefficient (Wildman–Crippen LogP) is 5.16. The summed E-state index contributed by atoms with van der Waals surface area (Å²) in [5.41, 5.74) is 1.33. The van der Waals surface area contributed by atoms with Crippen LogP contribution in [0.2, 0.25) is 0 Å². The average molecular weight is 319 g/mol. The first-order chi connectivity index (χ1) is 11.4. The Bertz CT molecular complexity index is 334. The van der Waals surface area contributed by atoms with Crippen LogP contribution in [0, 0.1) is 5.92 Å². The van der Waals surface area contributed by atoms with Gasteiger partial charge in [0, 0.05) is 6.54 Å². The van der Waals surface area contributed by atoms with Crippen molar-refractivity contribution in [3.63, 3.8) is 0 Å². The third kappa shape index (κ3) is 13.1. The zero-order valence-corrected chi connectivity index (χ0v) is 15.6. The summed E-state index contributed by atoms with van der Waals surface area (Å²) in [7, 11) is 1.95. The molecule has 2 aliphatic rings. The van der Waals surface area contributed by atoms with E-state index in [2.05, 4.69) is 35.4 Å². The molecule has 2 nitrogen and oxygen atoms in total. The average Bonchev–Trinajstić information content (AvgIpc) is 2.58. The predicted molar refractivity (Wildman–Crippen MR) is 105 cm³/mol. The van der Waals surface area contributed by atoms with Crippen LogP contribution in [0.1, 0.15) is 57.9 Å². The molecule has 23 heavy (non-hydrogen) atoms. The van der Waals surface area contributed by atoms with Gasteiger partial charge in [-0.3, -0.25) is 0 Å². The Labute approximate surface area is 144 Å². The van der Waals surface area contributed by atoms with Crippen LogP contribution in [-0.4, -0.2) is 20.1 Å². The second-order valence-electron chi connectivity index (χ2n) is 5.75. The lowest BCUT2D eigenvalue weighted by atomic mass is 9.90. The van der Waals surface area contributed by atoms with E-state index in [1.807, 2.05) is 39.1 Å². The van der Waals surface area contributed by atoms with E-state index in [1.165, 1.54) is 57.2 Å². The molecule has 0 bridgehead atoms. The number of hydrogen-bond acceptors (Lipinski definition) is 2. The first-order valence-corrected chi connectivity index (χ1v) is 9.38. The van der Waals surface area contributed by atoms with Crippen LogP contribution in [-0.2, 0) is 6.54 Å². The zero-order chi connectivity index (χ0) is 17.2. The van der Waals surface area contributed by atoms with Crippen molar-refractivity contribution in [3.8, 4) is 0 Å². The van der Waals surface area contributed by atoms with Gasteiger partial charge in [-0.25, -0.2) is 0 Å². The van der Waals surface area contributed by atoms with Crippen molar-refractivity contribution in [2.45, 2.75) is 58.9 Å². The monoisotopic (exact) mass is 318 g/mol. The lowest BCUT2D eigenvalue weighted by molar-refractivity contribution is 0.420. The molecule has 1 aromatic carbocycles. The molecular weight excluding hydrogens is 280 g/mol. The molecule has 2 heteroatoms. The molecular formula is C21H38N2. The standard InChI is InChI=1S/C8H11N.C8H14.C3H7N.C2H6/c1-9-7-8-5-3-2-4-6-8;1-2-8-6-4-3-5-7-8;1-2-4-3-1;1-2/h2-6,9H,7H2,1H3;2,8H,1,3-7H2;4H,1-3H2;1-2H3. The van der Waals surface area contributed by atoms with Gasteiger partial charge in [-0.2, -0.15) is 0 Å². The lowest BCUT2D eigenvalue weighted by Crippen LogP contribution is -2.29. The van der Waals surface area contributed by atoms with Gasteiger partial charge in [-0.1, -0.05) is 69.5 Å². The van der Waals surface area contributed by atoms with Crippen molar-refractivity contribution < 1.29 is 0 Å². The van der Waals surface area contributed by atoms with E-state index >= 15 is 0 Å². The highest BCUT2D eigenvalue weighted by Gasteiger charge is 2.07. The van der Waals surface area contributed by atoms with Gasteiger partial charge in [0.05, 0.1) is 0 Å². The molecule has 0 radical (unpaired) electrons. The fourth-order valence-corrected chi connectivity index (χ4v) is 2.35. The highest BCUT2D eigenvalue weighted by molar-refractivity contribution is 5.13. The van der Waals surface area contributed by atoms with Gasteiger partial charge in [0.15, 0.2) is 0 Å². The van der Waals surface area contributed by atoms with Crippen molar-refractivity contribution in [2.75, 3.05) is 20.1 Å². The summed E-state index contributed by atoms with van der Waals surface area (Å²) in [6.45, 7) is 11.2. The SMILES string of the molecule is C1CNC1.C=CC1CCCCC1.CC.CNCc1ccccc1. The van der Waals surface area contributed by atoms with Gasteiger partial charge < -0.3 is 10.6 Å². The summed E-state index contributed by atoms with van der Waals surface area (Å²) < 4.78 is 0. The van der Waals surface area contributed by atoms with Crippen LogP contribution in [0.4, 0.5) is 0 Å². The van der Waals surface area contributed by atoms with E-state index in [1.54, 1.807) is 0 Å². The Balaban J connectivity index is 0.000000316. The maximum Gasteiger partial charge on any atom is 0.0202 e. The van der Waals surface area contributed by atoms with E-state index in [4.69, 9.17) is 0 Å². The molecule has 0 atom stereocenters. The number of hydrogen-bond donors (Lipinski definition) is 2. The number of allylic oxidation sites excluding steroid dienone is 1. The van der Waals surface area contributed by atoms with Crippen molar-refractivity contribution in [2.24, 2.45) is 5.92 Å². The maximum atomic E-state index is 3.78. The van der Waals surface area contributed by atoms with Crippen molar-refractivity contribution in [3.05, 3.63) is 48.6 Å². The minimum absolute atomic E-state index is 0.851. The summed E-state index contributed by atoms with van der Waals surface area (Å²) in [6.07, 6.45) is 10.6. The minimum Gasteiger partial charge on any atom is -0.317 e. The molecule has 2 N–H and O–H groups in total. The second kappa shape index (κ2) is 17.2. The van der Waals surface area contributed by atoms with E-state index < -0.39 is 0 Å². The smallest absolute Gasteiger partial charge is 0.0202 e. The van der Waals surface area contributed by atoms with Gasteiger partial charge in [0.2, 0.25) is 0 Å². The first kappa shape index (κ1) is 21.9. The fourth-order valence-electron chi connectivity index (χ4n) is 2.35. The van der Waals surface area contributed by atoms with Crippen molar-refractivity contribution in [1.29, 1.82) is 0 Å². The highest BCUT2D eigenvalue weighted by Crippen LogP contribution is 2.23. The topological polar surface area (TPSA) is 24.1 Å². The molecule has 1 aliphatic carbocycles. The Morgan fingerprint density at radius 3 is 1.91 bits per heavy atom. The summed E-state index contributed by atoms with van der Waals surface area (Å²) in [4.78, 5) is 0. The van der Waals surface area contributed by atoms with Gasteiger partial charge in [0.25, 0.3) is 0 Å². The molecule has 132 valence electrons. The van der Waals surface area contributed by atoms with Crippen LogP contribution in [0.15, 0.2) is 43.0 Å². The molecule has 2 fully saturated rings. The normalized spacial score (nSPS) is 16.1. The van der Waals surface area contributed by atoms with Crippen LogP contribution >= 0.6 is 0 Å². The Morgan fingerprint density at radius 1 is 1.04 bits per heavy atom.